The van der Waals surface area contributed by atoms with Gasteiger partial charge < -0.3 is 10.5 Å². The quantitative estimate of drug-likeness (QED) is 0.919. The van der Waals surface area contributed by atoms with Gasteiger partial charge in [-0.05, 0) is 34.1 Å². The molecule has 2 rings (SSSR count). The number of aromatic nitrogens is 1. The lowest BCUT2D eigenvalue weighted by molar-refractivity contribution is 0.458. The predicted molar refractivity (Wildman–Crippen MR) is 62.8 cm³/mol. The summed E-state index contributed by atoms with van der Waals surface area (Å²) in [6.07, 6.45) is 1.53. The molecule has 0 bridgehead atoms. The zero-order valence-electron chi connectivity index (χ0n) is 8.15. The summed E-state index contributed by atoms with van der Waals surface area (Å²) in [7, 11) is 0. The molecule has 2 N–H and O–H groups in total. The third-order valence-electron chi connectivity index (χ3n) is 1.87. The number of pyridine rings is 1. The molecule has 0 fully saturated rings. The van der Waals surface area contributed by atoms with Gasteiger partial charge in [0.25, 0.3) is 0 Å². The molecule has 0 atom stereocenters. The molecule has 16 heavy (non-hydrogen) atoms. The number of anilines is 1. The first-order chi connectivity index (χ1) is 7.65. The molecule has 0 aliphatic heterocycles. The standard InChI is InChI=1S/C11H8BrFN2O/c12-9-2-1-8(6-10(9)13)16-11-5-7(14)3-4-15-11/h1-6H,(H2,14,15). The highest BCUT2D eigenvalue weighted by molar-refractivity contribution is 9.10. The fraction of sp³-hybridized carbons (Fsp3) is 0. The van der Waals surface area contributed by atoms with Crippen LogP contribution < -0.4 is 10.5 Å². The highest BCUT2D eigenvalue weighted by atomic mass is 79.9. The Bertz CT molecular complexity index is 519. The second-order valence-electron chi connectivity index (χ2n) is 3.11. The van der Waals surface area contributed by atoms with Crippen LogP contribution in [0.1, 0.15) is 0 Å². The van der Waals surface area contributed by atoms with Gasteiger partial charge in [0, 0.05) is 24.0 Å². The number of nitrogen functional groups attached to an aromatic ring is 1. The van der Waals surface area contributed by atoms with Crippen molar-refractivity contribution in [2.45, 2.75) is 0 Å². The van der Waals surface area contributed by atoms with Crippen LogP contribution in [-0.4, -0.2) is 4.98 Å². The average Bonchev–Trinajstić information content (AvgIpc) is 2.24. The van der Waals surface area contributed by atoms with Crippen molar-refractivity contribution in [2.75, 3.05) is 5.73 Å². The van der Waals surface area contributed by atoms with Crippen LogP contribution in [0.5, 0.6) is 11.6 Å². The highest BCUT2D eigenvalue weighted by Gasteiger charge is 2.03. The van der Waals surface area contributed by atoms with E-state index < -0.39 is 0 Å². The van der Waals surface area contributed by atoms with Crippen molar-refractivity contribution in [3.63, 3.8) is 0 Å². The summed E-state index contributed by atoms with van der Waals surface area (Å²) in [6, 6.07) is 7.69. The lowest BCUT2D eigenvalue weighted by Gasteiger charge is -2.05. The summed E-state index contributed by atoms with van der Waals surface area (Å²) < 4.78 is 18.9. The summed E-state index contributed by atoms with van der Waals surface area (Å²) in [6.45, 7) is 0. The number of hydrogen-bond donors (Lipinski definition) is 1. The minimum absolute atomic E-state index is 0.335. The molecule has 3 nitrogen and oxygen atoms in total. The number of benzene rings is 1. The molecule has 1 aromatic heterocycles. The maximum absolute atomic E-state index is 13.2. The molecule has 0 amide bonds. The van der Waals surface area contributed by atoms with Crippen LogP contribution in [0.25, 0.3) is 0 Å². The van der Waals surface area contributed by atoms with Gasteiger partial charge in [-0.3, -0.25) is 0 Å². The van der Waals surface area contributed by atoms with Gasteiger partial charge in [-0.25, -0.2) is 9.37 Å². The van der Waals surface area contributed by atoms with Crippen molar-refractivity contribution in [1.29, 1.82) is 0 Å². The Labute approximate surface area is 100 Å². The lowest BCUT2D eigenvalue weighted by Crippen LogP contribution is -1.91. The van der Waals surface area contributed by atoms with Crippen LogP contribution in [0.2, 0.25) is 0 Å². The van der Waals surface area contributed by atoms with E-state index in [1.807, 2.05) is 0 Å². The molecule has 0 spiro atoms. The van der Waals surface area contributed by atoms with E-state index in [0.29, 0.717) is 21.8 Å². The van der Waals surface area contributed by atoms with Crippen LogP contribution in [-0.2, 0) is 0 Å². The number of ether oxygens (including phenoxy) is 1. The first-order valence-electron chi connectivity index (χ1n) is 4.49. The van der Waals surface area contributed by atoms with E-state index in [0.717, 1.165) is 0 Å². The summed E-state index contributed by atoms with van der Waals surface area (Å²) in [5.41, 5.74) is 6.11. The third-order valence-corrected chi connectivity index (χ3v) is 2.52. The zero-order valence-corrected chi connectivity index (χ0v) is 9.74. The normalized spacial score (nSPS) is 10.1. The smallest absolute Gasteiger partial charge is 0.221 e. The monoisotopic (exact) mass is 282 g/mol. The minimum atomic E-state index is -0.388. The van der Waals surface area contributed by atoms with E-state index >= 15 is 0 Å². The van der Waals surface area contributed by atoms with Gasteiger partial charge in [0.05, 0.1) is 4.47 Å². The van der Waals surface area contributed by atoms with Gasteiger partial charge >= 0.3 is 0 Å². The van der Waals surface area contributed by atoms with E-state index in [-0.39, 0.29) is 5.82 Å². The van der Waals surface area contributed by atoms with Crippen LogP contribution in [0.15, 0.2) is 41.0 Å². The maximum Gasteiger partial charge on any atom is 0.221 e. The number of nitrogens with two attached hydrogens (primary N) is 1. The van der Waals surface area contributed by atoms with Gasteiger partial charge in [0.15, 0.2) is 0 Å². The van der Waals surface area contributed by atoms with Gasteiger partial charge in [0.2, 0.25) is 5.88 Å². The Hall–Kier alpha value is -1.62. The highest BCUT2D eigenvalue weighted by Crippen LogP contribution is 2.25. The average molecular weight is 283 g/mol. The zero-order chi connectivity index (χ0) is 11.5. The van der Waals surface area contributed by atoms with Gasteiger partial charge in [-0.2, -0.15) is 0 Å². The first kappa shape index (κ1) is 10.9. The van der Waals surface area contributed by atoms with Gasteiger partial charge in [-0.1, -0.05) is 0 Å². The molecule has 82 valence electrons. The Morgan fingerprint density at radius 1 is 1.25 bits per heavy atom. The molecule has 0 saturated carbocycles. The Morgan fingerprint density at radius 2 is 2.06 bits per heavy atom. The van der Waals surface area contributed by atoms with Crippen molar-refractivity contribution in [3.8, 4) is 11.6 Å². The fourth-order valence-electron chi connectivity index (χ4n) is 1.14. The first-order valence-corrected chi connectivity index (χ1v) is 5.29. The molecule has 1 heterocycles. The topological polar surface area (TPSA) is 48.1 Å². The minimum Gasteiger partial charge on any atom is -0.439 e. The molecule has 2 aromatic rings. The summed E-state index contributed by atoms with van der Waals surface area (Å²) in [4.78, 5) is 3.95. The van der Waals surface area contributed by atoms with Gasteiger partial charge in [0.1, 0.15) is 11.6 Å². The third kappa shape index (κ3) is 2.49. The van der Waals surface area contributed by atoms with Gasteiger partial charge in [-0.15, -0.1) is 0 Å². The molecule has 0 aliphatic carbocycles. The molecule has 0 radical (unpaired) electrons. The van der Waals surface area contributed by atoms with Crippen molar-refractivity contribution < 1.29 is 9.13 Å². The SMILES string of the molecule is Nc1ccnc(Oc2ccc(Br)c(F)c2)c1. The number of nitrogens with zero attached hydrogens (tertiary/aromatic N) is 1. The van der Waals surface area contributed by atoms with Crippen LogP contribution in [0.3, 0.4) is 0 Å². The van der Waals surface area contributed by atoms with E-state index in [2.05, 4.69) is 20.9 Å². The van der Waals surface area contributed by atoms with E-state index in [9.17, 15) is 4.39 Å². The van der Waals surface area contributed by atoms with E-state index in [1.54, 1.807) is 24.3 Å². The summed E-state index contributed by atoms with van der Waals surface area (Å²) >= 11 is 3.06. The summed E-state index contributed by atoms with van der Waals surface area (Å²) in [5.74, 6) is 0.321. The van der Waals surface area contributed by atoms with E-state index in [4.69, 9.17) is 10.5 Å². The molecule has 0 saturated heterocycles. The number of hydrogen-bond acceptors (Lipinski definition) is 3. The van der Waals surface area contributed by atoms with Crippen molar-refractivity contribution in [2.24, 2.45) is 0 Å². The van der Waals surface area contributed by atoms with Crippen molar-refractivity contribution in [1.82, 2.24) is 4.98 Å². The van der Waals surface area contributed by atoms with Crippen LogP contribution in [0.4, 0.5) is 10.1 Å². The van der Waals surface area contributed by atoms with Crippen molar-refractivity contribution in [3.05, 3.63) is 46.8 Å². The van der Waals surface area contributed by atoms with E-state index in [1.165, 1.54) is 12.3 Å². The van der Waals surface area contributed by atoms with Crippen LogP contribution in [0, 0.1) is 5.82 Å². The lowest BCUT2D eigenvalue weighted by atomic mass is 10.3. The molecular weight excluding hydrogens is 275 g/mol. The fourth-order valence-corrected chi connectivity index (χ4v) is 1.39. The predicted octanol–water partition coefficient (Wildman–Crippen LogP) is 3.36. The second-order valence-corrected chi connectivity index (χ2v) is 3.96. The Balaban J connectivity index is 2.24. The molecule has 0 unspecified atom stereocenters. The van der Waals surface area contributed by atoms with Crippen molar-refractivity contribution >= 4 is 21.6 Å². The second kappa shape index (κ2) is 4.49. The molecular formula is C11H8BrFN2O. The number of rotatable bonds is 2. The summed E-state index contributed by atoms with van der Waals surface area (Å²) in [5, 5.41) is 0. The van der Waals surface area contributed by atoms with Crippen LogP contribution >= 0.6 is 15.9 Å². The number of halogens is 2. The molecule has 1 aromatic carbocycles. The molecule has 5 heteroatoms. The Morgan fingerprint density at radius 3 is 2.75 bits per heavy atom. The largest absolute Gasteiger partial charge is 0.439 e. The maximum atomic E-state index is 13.2. The molecule has 0 aliphatic rings. The Kier molecular flexibility index (Phi) is 3.05.